The van der Waals surface area contributed by atoms with Crippen LogP contribution >= 0.6 is 0 Å². The third-order valence-electron chi connectivity index (χ3n) is 2.95. The average Bonchev–Trinajstić information content (AvgIpc) is 2.41. The van der Waals surface area contributed by atoms with Crippen LogP contribution in [0.3, 0.4) is 0 Å². The molecule has 0 fully saturated rings. The van der Waals surface area contributed by atoms with Gasteiger partial charge in [-0.15, -0.1) is 0 Å². The van der Waals surface area contributed by atoms with Gasteiger partial charge in [0, 0.05) is 6.42 Å². The van der Waals surface area contributed by atoms with E-state index in [0.29, 0.717) is 12.6 Å². The normalized spacial score (nSPS) is 14.6. The van der Waals surface area contributed by atoms with E-state index in [9.17, 15) is 19.5 Å². The minimum absolute atomic E-state index is 0.154. The fourth-order valence-electron chi connectivity index (χ4n) is 1.41. The number of Topliss-reactive ketones (excluding diaryl/α,β-unsaturated/α-hetero) is 1. The van der Waals surface area contributed by atoms with Gasteiger partial charge in [0.25, 0.3) is 0 Å². The number of aliphatic hydroxyl groups is 1. The smallest absolute Gasteiger partial charge is 0.326 e. The predicted molar refractivity (Wildman–Crippen MR) is 69.0 cm³/mol. The van der Waals surface area contributed by atoms with Crippen molar-refractivity contribution in [3.63, 3.8) is 0 Å². The van der Waals surface area contributed by atoms with Gasteiger partial charge in [0.15, 0.2) is 0 Å². The third-order valence-corrected chi connectivity index (χ3v) is 2.95. The molecule has 0 aromatic carbocycles. The lowest BCUT2D eigenvalue weighted by atomic mass is 10.0. The lowest BCUT2D eigenvalue weighted by Crippen LogP contribution is -2.47. The van der Waals surface area contributed by atoms with E-state index in [0.717, 1.165) is 0 Å². The molecule has 0 aromatic heterocycles. The molecular formula is C12H19N3O5. The van der Waals surface area contributed by atoms with Crippen LogP contribution in [-0.2, 0) is 14.4 Å². The van der Waals surface area contributed by atoms with E-state index in [1.54, 1.807) is 13.8 Å². The lowest BCUT2D eigenvalue weighted by molar-refractivity contribution is -0.144. The van der Waals surface area contributed by atoms with E-state index < -0.39 is 29.8 Å². The zero-order valence-corrected chi connectivity index (χ0v) is 11.4. The first kappa shape index (κ1) is 17.9. The van der Waals surface area contributed by atoms with Crippen molar-refractivity contribution in [3.05, 3.63) is 5.53 Å². The van der Waals surface area contributed by atoms with Crippen molar-refractivity contribution in [1.29, 1.82) is 0 Å². The molecule has 3 atom stereocenters. The molecule has 0 rings (SSSR count). The molecule has 0 aliphatic carbocycles. The van der Waals surface area contributed by atoms with E-state index in [1.165, 1.54) is 0 Å². The van der Waals surface area contributed by atoms with E-state index in [1.807, 2.05) is 0 Å². The summed E-state index contributed by atoms with van der Waals surface area (Å²) in [6, 6.07) is -1.28. The number of ketones is 1. The largest absolute Gasteiger partial charge is 0.480 e. The fraction of sp³-hybridized carbons (Fsp3) is 0.667. The maximum Gasteiger partial charge on any atom is 0.326 e. The van der Waals surface area contributed by atoms with E-state index >= 15 is 0 Å². The van der Waals surface area contributed by atoms with Crippen LogP contribution in [0.5, 0.6) is 0 Å². The molecule has 0 aliphatic heterocycles. The first-order valence-corrected chi connectivity index (χ1v) is 6.24. The Morgan fingerprint density at radius 3 is 2.45 bits per heavy atom. The summed E-state index contributed by atoms with van der Waals surface area (Å²) in [6.45, 7) is 3.46. The summed E-state index contributed by atoms with van der Waals surface area (Å²) in [5.41, 5.74) is 8.15. The van der Waals surface area contributed by atoms with E-state index in [2.05, 4.69) is 10.1 Å². The highest BCUT2D eigenvalue weighted by Gasteiger charge is 2.27. The van der Waals surface area contributed by atoms with Gasteiger partial charge in [0.1, 0.15) is 12.1 Å². The second kappa shape index (κ2) is 8.95. The Balaban J connectivity index is 4.55. The number of nitrogens with zero attached hydrogens (tertiary/aromatic N) is 2. The highest BCUT2D eigenvalue weighted by molar-refractivity contribution is 6.25. The standard InChI is InChI=1S/C12H19N3O5/c1-3-7(2)10(17)11(18)15-9(12(19)20)5-4-8(16)6-14-13/h6-7,9-10,17H,3-5H2,1-2H3,(H,15,18)(H,19,20). The molecule has 1 amide bonds. The van der Waals surface area contributed by atoms with Gasteiger partial charge in [-0.2, -0.15) is 4.79 Å². The summed E-state index contributed by atoms with van der Waals surface area (Å²) in [5, 5.41) is 20.8. The van der Waals surface area contributed by atoms with Gasteiger partial charge in [0.2, 0.25) is 11.7 Å². The molecule has 8 nitrogen and oxygen atoms in total. The minimum Gasteiger partial charge on any atom is -0.480 e. The van der Waals surface area contributed by atoms with Crippen LogP contribution in [0.4, 0.5) is 0 Å². The molecule has 3 N–H and O–H groups in total. The molecule has 3 unspecified atom stereocenters. The quantitative estimate of drug-likeness (QED) is 0.301. The van der Waals surface area contributed by atoms with Gasteiger partial charge < -0.3 is 21.1 Å². The Hall–Kier alpha value is -2.05. The Morgan fingerprint density at radius 1 is 1.40 bits per heavy atom. The van der Waals surface area contributed by atoms with Crippen LogP contribution in [0.15, 0.2) is 0 Å². The lowest BCUT2D eigenvalue weighted by Gasteiger charge is -2.20. The molecule has 20 heavy (non-hydrogen) atoms. The zero-order chi connectivity index (χ0) is 15.7. The molecule has 0 bridgehead atoms. The maximum absolute atomic E-state index is 11.7. The molecule has 0 spiro atoms. The highest BCUT2D eigenvalue weighted by atomic mass is 16.4. The van der Waals surface area contributed by atoms with Gasteiger partial charge in [-0.3, -0.25) is 9.59 Å². The second-order valence-electron chi connectivity index (χ2n) is 4.48. The number of carboxylic acid groups (broad SMARTS) is 1. The van der Waals surface area contributed by atoms with Crippen LogP contribution < -0.4 is 5.32 Å². The number of aliphatic carboxylic acids is 1. The van der Waals surface area contributed by atoms with E-state index in [-0.39, 0.29) is 18.8 Å². The number of aliphatic hydroxyl groups excluding tert-OH is 1. The number of carboxylic acids is 1. The monoisotopic (exact) mass is 285 g/mol. The Kier molecular flexibility index (Phi) is 8.03. The number of rotatable bonds is 9. The van der Waals surface area contributed by atoms with Crippen molar-refractivity contribution in [3.8, 4) is 0 Å². The zero-order valence-electron chi connectivity index (χ0n) is 11.4. The van der Waals surface area contributed by atoms with Crippen LogP contribution in [0, 0.1) is 5.92 Å². The van der Waals surface area contributed by atoms with Crippen molar-refractivity contribution >= 4 is 23.9 Å². The van der Waals surface area contributed by atoms with Gasteiger partial charge in [-0.05, 0) is 12.3 Å². The number of carbonyl (C=O) groups is 3. The molecule has 0 heterocycles. The summed E-state index contributed by atoms with van der Waals surface area (Å²) in [5.74, 6) is -2.94. The molecule has 0 aromatic rings. The maximum atomic E-state index is 11.7. The molecular weight excluding hydrogens is 266 g/mol. The number of hydrogen-bond donors (Lipinski definition) is 3. The number of hydrogen-bond acceptors (Lipinski definition) is 4. The van der Waals surface area contributed by atoms with Crippen molar-refractivity contribution < 1.29 is 29.4 Å². The van der Waals surface area contributed by atoms with Gasteiger partial charge in [-0.1, -0.05) is 20.3 Å². The Bertz CT molecular complexity index is 417. The van der Waals surface area contributed by atoms with Crippen LogP contribution in [0.25, 0.3) is 5.53 Å². The molecule has 8 heteroatoms. The van der Waals surface area contributed by atoms with Crippen LogP contribution in [-0.4, -0.2) is 51.0 Å². The second-order valence-corrected chi connectivity index (χ2v) is 4.48. The summed E-state index contributed by atoms with van der Waals surface area (Å²) in [6.07, 6.45) is -0.414. The van der Waals surface area contributed by atoms with Crippen molar-refractivity contribution in [2.45, 2.75) is 45.3 Å². The molecule has 0 saturated carbocycles. The van der Waals surface area contributed by atoms with Crippen molar-refractivity contribution in [1.82, 2.24) is 5.32 Å². The van der Waals surface area contributed by atoms with Crippen LogP contribution in [0.1, 0.15) is 33.1 Å². The topological polar surface area (TPSA) is 140 Å². The number of carbonyl (C=O) groups excluding carboxylic acids is 2. The fourth-order valence-corrected chi connectivity index (χ4v) is 1.41. The van der Waals surface area contributed by atoms with Gasteiger partial charge >= 0.3 is 12.2 Å². The van der Waals surface area contributed by atoms with Crippen LogP contribution in [0.2, 0.25) is 0 Å². The number of nitrogens with one attached hydrogen (secondary N) is 1. The Labute approximate surface area is 116 Å². The SMILES string of the molecule is CCC(C)C(O)C(=O)NC(CCC(=O)C=[N+]=[N-])C(=O)O. The average molecular weight is 285 g/mol. The highest BCUT2D eigenvalue weighted by Crippen LogP contribution is 2.08. The Morgan fingerprint density at radius 2 is 2.00 bits per heavy atom. The molecule has 0 radical (unpaired) electrons. The predicted octanol–water partition coefficient (Wildman–Crippen LogP) is -0.387. The summed E-state index contributed by atoms with van der Waals surface area (Å²) in [7, 11) is 0. The minimum atomic E-state index is -1.30. The van der Waals surface area contributed by atoms with Crippen molar-refractivity contribution in [2.24, 2.45) is 5.92 Å². The van der Waals surface area contributed by atoms with Crippen molar-refractivity contribution in [2.75, 3.05) is 0 Å². The summed E-state index contributed by atoms with van der Waals surface area (Å²) < 4.78 is 0. The van der Waals surface area contributed by atoms with Gasteiger partial charge in [-0.25, -0.2) is 4.79 Å². The first-order valence-electron chi connectivity index (χ1n) is 6.24. The third kappa shape index (κ3) is 6.21. The molecule has 0 saturated heterocycles. The molecule has 0 aliphatic rings. The first-order chi connectivity index (χ1) is 9.33. The molecule has 112 valence electrons. The summed E-state index contributed by atoms with van der Waals surface area (Å²) >= 11 is 0. The number of amides is 1. The van der Waals surface area contributed by atoms with Gasteiger partial charge in [0.05, 0.1) is 0 Å². The summed E-state index contributed by atoms with van der Waals surface area (Å²) in [4.78, 5) is 36.2. The van der Waals surface area contributed by atoms with E-state index in [4.69, 9.17) is 10.6 Å².